The molecule has 0 aliphatic rings. The Bertz CT molecular complexity index is 494. The number of aryl methyl sites for hydroxylation is 2. The maximum absolute atomic E-state index is 5.68. The van der Waals surface area contributed by atoms with Crippen LogP contribution in [0.3, 0.4) is 0 Å². The zero-order valence-corrected chi connectivity index (χ0v) is 10.8. The summed E-state index contributed by atoms with van der Waals surface area (Å²) in [5, 5.41) is 3.39. The molecular weight excluding hydrogens is 226 g/mol. The van der Waals surface area contributed by atoms with Crippen LogP contribution in [0.4, 0.5) is 11.5 Å². The average molecular weight is 245 g/mol. The standard InChI is InChI=1S/C14H19N3O/c1-10-8-12(15)9-16-14(10)17-11(2)5-6-13-4-3-7-18-13/h3-4,7-9,11H,5-6,15H2,1-2H3,(H,16,17). The maximum atomic E-state index is 5.68. The molecule has 4 nitrogen and oxygen atoms in total. The second-order valence-corrected chi connectivity index (χ2v) is 4.60. The predicted octanol–water partition coefficient (Wildman–Crippen LogP) is 3.00. The van der Waals surface area contributed by atoms with E-state index < -0.39 is 0 Å². The number of rotatable bonds is 5. The topological polar surface area (TPSA) is 64.1 Å². The minimum Gasteiger partial charge on any atom is -0.469 e. The van der Waals surface area contributed by atoms with E-state index in [2.05, 4.69) is 17.2 Å². The molecule has 2 aromatic heterocycles. The Balaban J connectivity index is 1.88. The summed E-state index contributed by atoms with van der Waals surface area (Å²) in [6.07, 6.45) is 5.31. The molecule has 0 amide bonds. The first-order valence-electron chi connectivity index (χ1n) is 6.16. The van der Waals surface area contributed by atoms with Gasteiger partial charge >= 0.3 is 0 Å². The molecule has 18 heavy (non-hydrogen) atoms. The van der Waals surface area contributed by atoms with E-state index in [9.17, 15) is 0 Å². The average Bonchev–Trinajstić information content (AvgIpc) is 2.83. The number of nitrogens with two attached hydrogens (primary N) is 1. The van der Waals surface area contributed by atoms with Crippen molar-refractivity contribution in [2.75, 3.05) is 11.1 Å². The summed E-state index contributed by atoms with van der Waals surface area (Å²) in [4.78, 5) is 4.30. The highest BCUT2D eigenvalue weighted by atomic mass is 16.3. The highest BCUT2D eigenvalue weighted by Crippen LogP contribution is 2.16. The third-order valence-electron chi connectivity index (χ3n) is 2.89. The van der Waals surface area contributed by atoms with Gasteiger partial charge in [-0.15, -0.1) is 0 Å². The first-order chi connectivity index (χ1) is 8.65. The van der Waals surface area contributed by atoms with Crippen LogP contribution in [0.5, 0.6) is 0 Å². The lowest BCUT2D eigenvalue weighted by molar-refractivity contribution is 0.495. The van der Waals surface area contributed by atoms with E-state index >= 15 is 0 Å². The number of hydrogen-bond acceptors (Lipinski definition) is 4. The first-order valence-corrected chi connectivity index (χ1v) is 6.16. The molecule has 2 heterocycles. The quantitative estimate of drug-likeness (QED) is 0.850. The van der Waals surface area contributed by atoms with Crippen LogP contribution in [0.25, 0.3) is 0 Å². The van der Waals surface area contributed by atoms with Crippen molar-refractivity contribution in [2.45, 2.75) is 32.7 Å². The minimum atomic E-state index is 0.338. The van der Waals surface area contributed by atoms with Crippen molar-refractivity contribution in [1.82, 2.24) is 4.98 Å². The van der Waals surface area contributed by atoms with Crippen molar-refractivity contribution < 1.29 is 4.42 Å². The summed E-state index contributed by atoms with van der Waals surface area (Å²) >= 11 is 0. The van der Waals surface area contributed by atoms with Gasteiger partial charge < -0.3 is 15.5 Å². The van der Waals surface area contributed by atoms with Crippen molar-refractivity contribution >= 4 is 11.5 Å². The fourth-order valence-electron chi connectivity index (χ4n) is 1.87. The van der Waals surface area contributed by atoms with Gasteiger partial charge in [0.1, 0.15) is 11.6 Å². The fraction of sp³-hybridized carbons (Fsp3) is 0.357. The number of nitrogens with zero attached hydrogens (tertiary/aromatic N) is 1. The molecule has 3 N–H and O–H groups in total. The molecule has 2 rings (SSSR count). The smallest absolute Gasteiger partial charge is 0.129 e. The van der Waals surface area contributed by atoms with E-state index in [1.807, 2.05) is 25.1 Å². The SMILES string of the molecule is Cc1cc(N)cnc1NC(C)CCc1ccco1. The Kier molecular flexibility index (Phi) is 3.87. The van der Waals surface area contributed by atoms with Crippen LogP contribution in [0.15, 0.2) is 35.1 Å². The molecule has 1 unspecified atom stereocenters. The van der Waals surface area contributed by atoms with E-state index in [1.54, 1.807) is 12.5 Å². The molecular formula is C14H19N3O. The van der Waals surface area contributed by atoms with Crippen LogP contribution in [0.1, 0.15) is 24.7 Å². The monoisotopic (exact) mass is 245 g/mol. The van der Waals surface area contributed by atoms with Crippen molar-refractivity contribution in [1.29, 1.82) is 0 Å². The zero-order chi connectivity index (χ0) is 13.0. The number of anilines is 2. The van der Waals surface area contributed by atoms with Crippen molar-refractivity contribution in [3.8, 4) is 0 Å². The van der Waals surface area contributed by atoms with Gasteiger partial charge in [-0.05, 0) is 44.0 Å². The Morgan fingerprint density at radius 3 is 3.00 bits per heavy atom. The molecule has 0 saturated carbocycles. The third-order valence-corrected chi connectivity index (χ3v) is 2.89. The molecule has 0 fully saturated rings. The normalized spacial score (nSPS) is 12.3. The second kappa shape index (κ2) is 5.58. The minimum absolute atomic E-state index is 0.338. The number of hydrogen-bond donors (Lipinski definition) is 2. The Morgan fingerprint density at radius 2 is 2.33 bits per heavy atom. The van der Waals surface area contributed by atoms with Crippen molar-refractivity contribution in [3.05, 3.63) is 42.0 Å². The van der Waals surface area contributed by atoms with Gasteiger partial charge in [0.25, 0.3) is 0 Å². The highest BCUT2D eigenvalue weighted by Gasteiger charge is 2.07. The van der Waals surface area contributed by atoms with Crippen LogP contribution in [0.2, 0.25) is 0 Å². The van der Waals surface area contributed by atoms with Gasteiger partial charge in [0, 0.05) is 12.5 Å². The van der Waals surface area contributed by atoms with Gasteiger partial charge in [-0.25, -0.2) is 4.98 Å². The molecule has 0 spiro atoms. The van der Waals surface area contributed by atoms with Gasteiger partial charge in [0.2, 0.25) is 0 Å². The highest BCUT2D eigenvalue weighted by molar-refractivity contribution is 5.51. The van der Waals surface area contributed by atoms with E-state index in [1.165, 1.54) is 0 Å². The van der Waals surface area contributed by atoms with Gasteiger partial charge in [-0.3, -0.25) is 0 Å². The van der Waals surface area contributed by atoms with Crippen LogP contribution >= 0.6 is 0 Å². The summed E-state index contributed by atoms with van der Waals surface area (Å²) in [5.74, 6) is 1.92. The molecule has 0 aliphatic carbocycles. The lowest BCUT2D eigenvalue weighted by Gasteiger charge is -2.15. The van der Waals surface area contributed by atoms with Crippen molar-refractivity contribution in [3.63, 3.8) is 0 Å². The summed E-state index contributed by atoms with van der Waals surface area (Å²) in [7, 11) is 0. The second-order valence-electron chi connectivity index (χ2n) is 4.60. The van der Waals surface area contributed by atoms with Crippen LogP contribution in [-0.4, -0.2) is 11.0 Å². The zero-order valence-electron chi connectivity index (χ0n) is 10.8. The van der Waals surface area contributed by atoms with E-state index in [0.717, 1.165) is 30.0 Å². The number of nitrogen functional groups attached to an aromatic ring is 1. The molecule has 0 aromatic carbocycles. The van der Waals surface area contributed by atoms with E-state index in [0.29, 0.717) is 11.7 Å². The van der Waals surface area contributed by atoms with Crippen molar-refractivity contribution in [2.24, 2.45) is 0 Å². The molecule has 0 bridgehead atoms. The Morgan fingerprint density at radius 1 is 1.50 bits per heavy atom. The summed E-state index contributed by atoms with van der Waals surface area (Å²) in [6.45, 7) is 4.14. The number of aromatic nitrogens is 1. The fourth-order valence-corrected chi connectivity index (χ4v) is 1.87. The molecule has 0 saturated heterocycles. The van der Waals surface area contributed by atoms with E-state index in [-0.39, 0.29) is 0 Å². The van der Waals surface area contributed by atoms with Gasteiger partial charge in [-0.1, -0.05) is 0 Å². The summed E-state index contributed by atoms with van der Waals surface area (Å²) < 4.78 is 5.31. The molecule has 0 aliphatic heterocycles. The Labute approximate surface area is 107 Å². The number of nitrogens with one attached hydrogen (secondary N) is 1. The molecule has 4 heteroatoms. The summed E-state index contributed by atoms with van der Waals surface area (Å²) in [6, 6.07) is 6.18. The van der Waals surface area contributed by atoms with Gasteiger partial charge in [0.05, 0.1) is 18.1 Å². The first kappa shape index (κ1) is 12.5. The molecule has 2 aromatic rings. The predicted molar refractivity (Wildman–Crippen MR) is 73.5 cm³/mol. The molecule has 1 atom stereocenters. The third kappa shape index (κ3) is 3.26. The van der Waals surface area contributed by atoms with Gasteiger partial charge in [-0.2, -0.15) is 0 Å². The van der Waals surface area contributed by atoms with Crippen LogP contribution in [0, 0.1) is 6.92 Å². The van der Waals surface area contributed by atoms with Gasteiger partial charge in [0.15, 0.2) is 0 Å². The molecule has 0 radical (unpaired) electrons. The largest absolute Gasteiger partial charge is 0.469 e. The maximum Gasteiger partial charge on any atom is 0.129 e. The number of pyridine rings is 1. The van der Waals surface area contributed by atoms with Crippen LogP contribution < -0.4 is 11.1 Å². The number of furan rings is 1. The Hall–Kier alpha value is -1.97. The van der Waals surface area contributed by atoms with E-state index in [4.69, 9.17) is 10.2 Å². The lowest BCUT2D eigenvalue weighted by atomic mass is 10.1. The lowest BCUT2D eigenvalue weighted by Crippen LogP contribution is -2.17. The summed E-state index contributed by atoms with van der Waals surface area (Å²) in [5.41, 5.74) is 7.44. The van der Waals surface area contributed by atoms with Crippen LogP contribution in [-0.2, 0) is 6.42 Å². The molecule has 96 valence electrons.